The number of benzene rings is 1. The molecule has 8 nitrogen and oxygen atoms in total. The van der Waals surface area contributed by atoms with E-state index in [9.17, 15) is 14.4 Å². The van der Waals surface area contributed by atoms with E-state index >= 15 is 0 Å². The molecule has 1 aliphatic rings. The number of carbonyl (C=O) groups excluding carboxylic acids is 3. The van der Waals surface area contributed by atoms with Gasteiger partial charge in [-0.1, -0.05) is 136 Å². The highest BCUT2D eigenvalue weighted by molar-refractivity contribution is 6.03. The van der Waals surface area contributed by atoms with E-state index in [0.717, 1.165) is 56.6 Å². The average Bonchev–Trinajstić information content (AvgIpc) is 3.10. The van der Waals surface area contributed by atoms with Gasteiger partial charge < -0.3 is 5.32 Å². The summed E-state index contributed by atoms with van der Waals surface area (Å²) in [5.74, 6) is 0.409. The monoisotopic (exact) mass is 660 g/mol. The van der Waals surface area contributed by atoms with Crippen molar-refractivity contribution < 1.29 is 24.3 Å². The second-order valence-electron chi connectivity index (χ2n) is 12.9. The molecule has 2 N–H and O–H groups in total. The van der Waals surface area contributed by atoms with Gasteiger partial charge in [-0.05, 0) is 56.2 Å². The molecule has 0 heterocycles. The van der Waals surface area contributed by atoms with Crippen LogP contribution in [0, 0.1) is 12.8 Å². The first-order valence-electron chi connectivity index (χ1n) is 19.2. The molecule has 2 rings (SSSR count). The highest BCUT2D eigenvalue weighted by Crippen LogP contribution is 2.26. The van der Waals surface area contributed by atoms with Gasteiger partial charge in [0.2, 0.25) is 6.41 Å². The summed E-state index contributed by atoms with van der Waals surface area (Å²) < 4.78 is 0. The van der Waals surface area contributed by atoms with Crippen LogP contribution in [0.3, 0.4) is 0 Å². The van der Waals surface area contributed by atoms with Gasteiger partial charge in [0.05, 0.1) is 6.61 Å². The molecule has 1 saturated carbocycles. The number of hydrogen-bond donors (Lipinski definition) is 2. The van der Waals surface area contributed by atoms with E-state index in [4.69, 9.17) is 9.88 Å². The summed E-state index contributed by atoms with van der Waals surface area (Å²) >= 11 is 0. The van der Waals surface area contributed by atoms with Crippen LogP contribution in [0.4, 0.5) is 0 Å². The quantitative estimate of drug-likeness (QED) is 0.0526. The minimum absolute atomic E-state index is 0.177. The third-order valence-corrected chi connectivity index (χ3v) is 9.01. The maximum absolute atomic E-state index is 13.1. The van der Waals surface area contributed by atoms with E-state index in [1.807, 2.05) is 27.7 Å². The van der Waals surface area contributed by atoms with Crippen molar-refractivity contribution in [2.24, 2.45) is 5.92 Å². The number of hydrogen-bond acceptors (Lipinski definition) is 6. The Labute approximate surface area is 287 Å². The Balaban J connectivity index is 0.00000541. The SMILES string of the molecule is CC.CCCNOOCCCCCCN(C=O)C(=O)c1cc(C(=O)NCCCCCCCCC2CCCCCCCCC2)ccc1C. The third-order valence-electron chi connectivity index (χ3n) is 9.01. The summed E-state index contributed by atoms with van der Waals surface area (Å²) in [5, 5.41) is 3.01. The lowest BCUT2D eigenvalue weighted by molar-refractivity contribution is -0.336. The van der Waals surface area contributed by atoms with Crippen molar-refractivity contribution in [2.75, 3.05) is 26.2 Å². The van der Waals surface area contributed by atoms with Crippen molar-refractivity contribution in [3.8, 4) is 0 Å². The van der Waals surface area contributed by atoms with Gasteiger partial charge in [0.15, 0.2) is 0 Å². The van der Waals surface area contributed by atoms with Crippen molar-refractivity contribution >= 4 is 18.2 Å². The molecule has 0 spiro atoms. The van der Waals surface area contributed by atoms with Gasteiger partial charge in [0, 0.05) is 30.8 Å². The summed E-state index contributed by atoms with van der Waals surface area (Å²) in [5.41, 5.74) is 4.30. The zero-order chi connectivity index (χ0) is 34.4. The Kier molecular flexibility index (Phi) is 27.1. The van der Waals surface area contributed by atoms with E-state index in [1.54, 1.807) is 18.2 Å². The van der Waals surface area contributed by atoms with E-state index in [1.165, 1.54) is 94.8 Å². The number of nitrogens with one attached hydrogen (secondary N) is 2. The summed E-state index contributed by atoms with van der Waals surface area (Å²) in [7, 11) is 0. The summed E-state index contributed by atoms with van der Waals surface area (Å²) in [6, 6.07) is 5.14. The molecule has 0 radical (unpaired) electrons. The van der Waals surface area contributed by atoms with Crippen LogP contribution in [0.1, 0.15) is 182 Å². The Bertz CT molecular complexity index is 931. The minimum atomic E-state index is -0.364. The number of aryl methyl sites for hydroxylation is 1. The molecule has 0 unspecified atom stereocenters. The zero-order valence-corrected chi connectivity index (χ0v) is 30.6. The fourth-order valence-electron chi connectivity index (χ4n) is 6.13. The summed E-state index contributed by atoms with van der Waals surface area (Å²) in [4.78, 5) is 48.8. The molecule has 1 aromatic carbocycles. The molecule has 270 valence electrons. The first-order chi connectivity index (χ1) is 23.1. The van der Waals surface area contributed by atoms with Crippen molar-refractivity contribution in [3.63, 3.8) is 0 Å². The molecule has 0 aromatic heterocycles. The number of unbranched alkanes of at least 4 members (excludes halogenated alkanes) is 8. The van der Waals surface area contributed by atoms with Crippen molar-refractivity contribution in [3.05, 3.63) is 34.9 Å². The minimum Gasteiger partial charge on any atom is -0.352 e. The smallest absolute Gasteiger partial charge is 0.260 e. The third kappa shape index (κ3) is 20.6. The number of imide groups is 1. The lowest BCUT2D eigenvalue weighted by atomic mass is 9.88. The van der Waals surface area contributed by atoms with Gasteiger partial charge in [0.1, 0.15) is 0 Å². The Morgan fingerprint density at radius 1 is 0.830 bits per heavy atom. The molecule has 1 aliphatic carbocycles. The van der Waals surface area contributed by atoms with E-state index in [2.05, 4.69) is 10.8 Å². The number of hydroxylamine groups is 1. The Morgan fingerprint density at radius 2 is 1.45 bits per heavy atom. The first kappa shape index (κ1) is 42.7. The molecular formula is C39H69N3O5. The largest absolute Gasteiger partial charge is 0.352 e. The van der Waals surface area contributed by atoms with Crippen molar-refractivity contribution in [2.45, 2.75) is 163 Å². The molecule has 1 aromatic rings. The molecule has 0 bridgehead atoms. The van der Waals surface area contributed by atoms with E-state index in [-0.39, 0.29) is 11.8 Å². The highest BCUT2D eigenvalue weighted by atomic mass is 17.3. The Morgan fingerprint density at radius 3 is 2.13 bits per heavy atom. The predicted molar refractivity (Wildman–Crippen MR) is 193 cm³/mol. The lowest BCUT2D eigenvalue weighted by Crippen LogP contribution is -2.31. The van der Waals surface area contributed by atoms with E-state index < -0.39 is 0 Å². The fourth-order valence-corrected chi connectivity index (χ4v) is 6.13. The Hall–Kier alpha value is -2.29. The second kappa shape index (κ2) is 29.8. The van der Waals surface area contributed by atoms with Gasteiger partial charge in [-0.25, -0.2) is 4.89 Å². The van der Waals surface area contributed by atoms with Crippen LogP contribution in [-0.2, 0) is 14.7 Å². The molecule has 0 saturated heterocycles. The van der Waals surface area contributed by atoms with Crippen molar-refractivity contribution in [1.82, 2.24) is 15.7 Å². The molecule has 1 fully saturated rings. The van der Waals surface area contributed by atoms with Gasteiger partial charge in [-0.3, -0.25) is 19.3 Å². The van der Waals surface area contributed by atoms with Crippen LogP contribution in [0.5, 0.6) is 0 Å². The standard InChI is InChI=1S/C37H63N3O5.C2H6/c1-3-26-39-45-44-29-20-14-13-19-28-40(31-41)37(43)35-30-34(25-24-32(35)2)36(42)38-27-18-12-8-7-11-17-23-33-21-15-9-5-4-6-10-16-22-33;1-2/h24-25,30-31,33,39H,3-23,26-29H2,1-2H3,(H,38,42);1-2H3. The molecule has 3 amide bonds. The predicted octanol–water partition coefficient (Wildman–Crippen LogP) is 9.64. The number of carbonyl (C=O) groups is 3. The van der Waals surface area contributed by atoms with Gasteiger partial charge in [0.25, 0.3) is 11.8 Å². The number of amides is 3. The number of nitrogens with zero attached hydrogens (tertiary/aromatic N) is 1. The normalized spacial score (nSPS) is 14.1. The maximum atomic E-state index is 13.1. The molecule has 47 heavy (non-hydrogen) atoms. The van der Waals surface area contributed by atoms with E-state index in [0.29, 0.717) is 43.7 Å². The van der Waals surface area contributed by atoms with Crippen LogP contribution in [0.15, 0.2) is 18.2 Å². The van der Waals surface area contributed by atoms with Crippen LogP contribution in [0.25, 0.3) is 0 Å². The molecular weight excluding hydrogens is 590 g/mol. The van der Waals surface area contributed by atoms with Crippen LogP contribution >= 0.6 is 0 Å². The highest BCUT2D eigenvalue weighted by Gasteiger charge is 2.19. The van der Waals surface area contributed by atoms with Crippen LogP contribution < -0.4 is 10.8 Å². The zero-order valence-electron chi connectivity index (χ0n) is 30.6. The summed E-state index contributed by atoms with van der Waals surface area (Å²) in [6.45, 7) is 10.1. The fraction of sp³-hybridized carbons (Fsp3) is 0.769. The first-order valence-corrected chi connectivity index (χ1v) is 19.2. The van der Waals surface area contributed by atoms with Crippen LogP contribution in [-0.4, -0.2) is 49.4 Å². The maximum Gasteiger partial charge on any atom is 0.260 e. The second-order valence-corrected chi connectivity index (χ2v) is 12.9. The lowest BCUT2D eigenvalue weighted by Gasteiger charge is -2.18. The van der Waals surface area contributed by atoms with Crippen molar-refractivity contribution in [1.29, 1.82) is 0 Å². The topological polar surface area (TPSA) is 97.0 Å². The molecule has 8 heteroatoms. The van der Waals surface area contributed by atoms with Crippen LogP contribution in [0.2, 0.25) is 0 Å². The average molecular weight is 660 g/mol. The number of rotatable bonds is 23. The van der Waals surface area contributed by atoms with Gasteiger partial charge in [-0.15, -0.1) is 4.99 Å². The molecule has 0 aliphatic heterocycles. The van der Waals surface area contributed by atoms with Gasteiger partial charge in [-0.2, -0.15) is 5.48 Å². The van der Waals surface area contributed by atoms with Gasteiger partial charge >= 0.3 is 0 Å². The summed E-state index contributed by atoms with van der Waals surface area (Å²) in [6.07, 6.45) is 26.4. The molecule has 0 atom stereocenters.